The highest BCUT2D eigenvalue weighted by atomic mass is 15.2. The lowest BCUT2D eigenvalue weighted by atomic mass is 9.96. The van der Waals surface area contributed by atoms with Crippen LogP contribution in [0.2, 0.25) is 0 Å². The molecule has 3 heteroatoms. The lowest BCUT2D eigenvalue weighted by molar-refractivity contribution is 0.380. The SMILES string of the molecule is CNC(C)C1CCCCN1c1ncccc1C. The number of nitrogens with zero attached hydrogens (tertiary/aromatic N) is 2. The number of hydrogen-bond acceptors (Lipinski definition) is 3. The van der Waals surface area contributed by atoms with E-state index < -0.39 is 0 Å². The zero-order chi connectivity index (χ0) is 12.3. The van der Waals surface area contributed by atoms with Crippen molar-refractivity contribution >= 4 is 5.82 Å². The van der Waals surface area contributed by atoms with E-state index in [1.54, 1.807) is 0 Å². The highest BCUT2D eigenvalue weighted by Crippen LogP contribution is 2.27. The minimum absolute atomic E-state index is 0.511. The number of hydrogen-bond donors (Lipinski definition) is 1. The minimum atomic E-state index is 0.511. The van der Waals surface area contributed by atoms with E-state index in [2.05, 4.69) is 35.1 Å². The summed E-state index contributed by atoms with van der Waals surface area (Å²) in [6.07, 6.45) is 5.78. The van der Waals surface area contributed by atoms with Gasteiger partial charge in [0, 0.05) is 24.8 Å². The fourth-order valence-corrected chi connectivity index (χ4v) is 2.71. The fraction of sp³-hybridized carbons (Fsp3) is 0.643. The molecule has 1 saturated heterocycles. The van der Waals surface area contributed by atoms with Gasteiger partial charge >= 0.3 is 0 Å². The van der Waals surface area contributed by atoms with E-state index in [1.807, 2.05) is 19.3 Å². The minimum Gasteiger partial charge on any atom is -0.352 e. The summed E-state index contributed by atoms with van der Waals surface area (Å²) in [5.41, 5.74) is 1.28. The monoisotopic (exact) mass is 233 g/mol. The summed E-state index contributed by atoms with van der Waals surface area (Å²) in [5, 5.41) is 3.38. The van der Waals surface area contributed by atoms with Gasteiger partial charge in [-0.05, 0) is 51.8 Å². The van der Waals surface area contributed by atoms with Crippen molar-refractivity contribution in [2.24, 2.45) is 0 Å². The summed E-state index contributed by atoms with van der Waals surface area (Å²) in [7, 11) is 2.04. The van der Waals surface area contributed by atoms with Crippen LogP contribution in [0.25, 0.3) is 0 Å². The molecule has 2 rings (SSSR count). The van der Waals surface area contributed by atoms with E-state index in [0.717, 1.165) is 6.54 Å². The predicted molar refractivity (Wildman–Crippen MR) is 72.5 cm³/mol. The first-order chi connectivity index (χ1) is 8.24. The lowest BCUT2D eigenvalue weighted by Crippen LogP contribution is -2.50. The highest BCUT2D eigenvalue weighted by Gasteiger charge is 2.28. The first-order valence-corrected chi connectivity index (χ1v) is 6.59. The average molecular weight is 233 g/mol. The molecule has 1 aliphatic rings. The third-order valence-electron chi connectivity index (χ3n) is 3.84. The molecule has 2 heterocycles. The van der Waals surface area contributed by atoms with Crippen LogP contribution in [-0.2, 0) is 0 Å². The summed E-state index contributed by atoms with van der Waals surface area (Å²) in [6, 6.07) is 5.25. The number of aromatic nitrogens is 1. The Hall–Kier alpha value is -1.09. The van der Waals surface area contributed by atoms with Crippen molar-refractivity contribution in [2.75, 3.05) is 18.5 Å². The Bertz CT molecular complexity index is 364. The molecule has 1 aromatic rings. The number of anilines is 1. The second-order valence-corrected chi connectivity index (χ2v) is 4.98. The molecule has 0 aromatic carbocycles. The summed E-state index contributed by atoms with van der Waals surface area (Å²) in [6.45, 7) is 5.55. The first-order valence-electron chi connectivity index (χ1n) is 6.59. The molecule has 2 unspecified atom stereocenters. The Morgan fingerprint density at radius 3 is 3.00 bits per heavy atom. The molecule has 0 saturated carbocycles. The Kier molecular flexibility index (Phi) is 4.00. The largest absolute Gasteiger partial charge is 0.352 e. The number of piperidine rings is 1. The van der Waals surface area contributed by atoms with Crippen molar-refractivity contribution in [1.82, 2.24) is 10.3 Å². The zero-order valence-electron chi connectivity index (χ0n) is 11.1. The van der Waals surface area contributed by atoms with Crippen LogP contribution < -0.4 is 10.2 Å². The predicted octanol–water partition coefficient (Wildman–Crippen LogP) is 2.36. The molecular formula is C14H23N3. The van der Waals surface area contributed by atoms with Crippen LogP contribution in [0.4, 0.5) is 5.82 Å². The van der Waals surface area contributed by atoms with E-state index in [0.29, 0.717) is 12.1 Å². The van der Waals surface area contributed by atoms with Crippen LogP contribution in [0.15, 0.2) is 18.3 Å². The molecule has 17 heavy (non-hydrogen) atoms. The Morgan fingerprint density at radius 2 is 2.29 bits per heavy atom. The molecule has 0 spiro atoms. The first kappa shape index (κ1) is 12.4. The molecule has 0 amide bonds. The van der Waals surface area contributed by atoms with Gasteiger partial charge < -0.3 is 10.2 Å². The Morgan fingerprint density at radius 1 is 1.47 bits per heavy atom. The van der Waals surface area contributed by atoms with Crippen LogP contribution in [-0.4, -0.2) is 30.7 Å². The Balaban J connectivity index is 2.25. The van der Waals surface area contributed by atoms with Gasteiger partial charge in [-0.2, -0.15) is 0 Å². The second kappa shape index (κ2) is 5.50. The molecule has 2 atom stereocenters. The molecule has 1 N–H and O–H groups in total. The van der Waals surface area contributed by atoms with Gasteiger partial charge in [-0.15, -0.1) is 0 Å². The molecule has 1 fully saturated rings. The third kappa shape index (κ3) is 2.60. The van der Waals surface area contributed by atoms with Crippen LogP contribution in [0.3, 0.4) is 0 Å². The van der Waals surface area contributed by atoms with Gasteiger partial charge in [0.25, 0.3) is 0 Å². The second-order valence-electron chi connectivity index (χ2n) is 4.98. The Labute approximate surface area is 104 Å². The maximum absolute atomic E-state index is 4.57. The van der Waals surface area contributed by atoms with Crippen LogP contribution in [0.5, 0.6) is 0 Å². The quantitative estimate of drug-likeness (QED) is 0.868. The van der Waals surface area contributed by atoms with E-state index in [1.165, 1.54) is 30.6 Å². The summed E-state index contributed by atoms with van der Waals surface area (Å²) in [4.78, 5) is 7.05. The molecule has 94 valence electrons. The molecule has 1 aliphatic heterocycles. The molecule has 0 bridgehead atoms. The number of nitrogens with one attached hydrogen (secondary N) is 1. The highest BCUT2D eigenvalue weighted by molar-refractivity contribution is 5.47. The summed E-state index contributed by atoms with van der Waals surface area (Å²) in [5.74, 6) is 1.17. The van der Waals surface area contributed by atoms with E-state index >= 15 is 0 Å². The van der Waals surface area contributed by atoms with Gasteiger partial charge in [-0.1, -0.05) is 6.07 Å². The average Bonchev–Trinajstić information content (AvgIpc) is 2.38. The van der Waals surface area contributed by atoms with Crippen molar-refractivity contribution in [2.45, 2.75) is 45.2 Å². The van der Waals surface area contributed by atoms with E-state index in [9.17, 15) is 0 Å². The van der Waals surface area contributed by atoms with Crippen molar-refractivity contribution < 1.29 is 0 Å². The normalized spacial score (nSPS) is 22.5. The van der Waals surface area contributed by atoms with E-state index in [4.69, 9.17) is 0 Å². The maximum Gasteiger partial charge on any atom is 0.131 e. The molecule has 1 aromatic heterocycles. The van der Waals surface area contributed by atoms with Crippen LogP contribution in [0, 0.1) is 6.92 Å². The number of aryl methyl sites for hydroxylation is 1. The van der Waals surface area contributed by atoms with Crippen molar-refractivity contribution in [3.63, 3.8) is 0 Å². The molecule has 0 aliphatic carbocycles. The number of likely N-dealkylation sites (N-methyl/N-ethyl adjacent to an activating group) is 1. The van der Waals surface area contributed by atoms with Gasteiger partial charge in [0.1, 0.15) is 5.82 Å². The van der Waals surface area contributed by atoms with Crippen LogP contribution in [0.1, 0.15) is 31.7 Å². The van der Waals surface area contributed by atoms with Gasteiger partial charge in [0.05, 0.1) is 0 Å². The third-order valence-corrected chi connectivity index (χ3v) is 3.84. The van der Waals surface area contributed by atoms with Crippen molar-refractivity contribution in [3.05, 3.63) is 23.9 Å². The topological polar surface area (TPSA) is 28.2 Å². The lowest BCUT2D eigenvalue weighted by Gasteiger charge is -2.40. The van der Waals surface area contributed by atoms with Crippen molar-refractivity contribution in [1.29, 1.82) is 0 Å². The standard InChI is InChI=1S/C14H23N3/c1-11-7-6-9-16-14(11)17-10-5-4-8-13(17)12(2)15-3/h6-7,9,12-13,15H,4-5,8,10H2,1-3H3. The molecular weight excluding hydrogens is 210 g/mol. The summed E-state index contributed by atoms with van der Waals surface area (Å²) < 4.78 is 0. The fourth-order valence-electron chi connectivity index (χ4n) is 2.71. The van der Waals surface area contributed by atoms with E-state index in [-0.39, 0.29) is 0 Å². The molecule has 3 nitrogen and oxygen atoms in total. The van der Waals surface area contributed by atoms with Gasteiger partial charge in [-0.25, -0.2) is 4.98 Å². The summed E-state index contributed by atoms with van der Waals surface area (Å²) >= 11 is 0. The van der Waals surface area contributed by atoms with Gasteiger partial charge in [-0.3, -0.25) is 0 Å². The molecule has 0 radical (unpaired) electrons. The van der Waals surface area contributed by atoms with Gasteiger partial charge in [0.15, 0.2) is 0 Å². The maximum atomic E-state index is 4.57. The number of pyridine rings is 1. The smallest absolute Gasteiger partial charge is 0.131 e. The number of rotatable bonds is 3. The van der Waals surface area contributed by atoms with Gasteiger partial charge in [0.2, 0.25) is 0 Å². The van der Waals surface area contributed by atoms with Crippen molar-refractivity contribution in [3.8, 4) is 0 Å². The zero-order valence-corrected chi connectivity index (χ0v) is 11.1. The van der Waals surface area contributed by atoms with Crippen LogP contribution >= 0.6 is 0 Å².